The molecule has 0 aliphatic heterocycles. The van der Waals surface area contributed by atoms with Crippen molar-refractivity contribution >= 4 is 17.4 Å². The monoisotopic (exact) mass is 243 g/mol. The van der Waals surface area contributed by atoms with Crippen molar-refractivity contribution in [2.45, 2.75) is 13.5 Å². The molecule has 92 valence electrons. The molecular weight excluding hydrogens is 230 g/mol. The molecule has 0 spiro atoms. The van der Waals surface area contributed by atoms with Crippen molar-refractivity contribution < 1.29 is 9.59 Å². The molecule has 2 rings (SSSR count). The zero-order valence-corrected chi connectivity index (χ0v) is 9.96. The van der Waals surface area contributed by atoms with E-state index in [2.05, 4.69) is 10.4 Å². The van der Waals surface area contributed by atoms with Crippen LogP contribution in [0, 0.1) is 0 Å². The fourth-order valence-corrected chi connectivity index (χ4v) is 1.50. The Morgan fingerprint density at radius 3 is 2.67 bits per heavy atom. The minimum Gasteiger partial charge on any atom is -0.317 e. The van der Waals surface area contributed by atoms with Gasteiger partial charge in [-0.2, -0.15) is 5.10 Å². The minimum atomic E-state index is -0.630. The van der Waals surface area contributed by atoms with E-state index in [4.69, 9.17) is 0 Å². The largest absolute Gasteiger partial charge is 0.317 e. The smallest absolute Gasteiger partial charge is 0.291 e. The van der Waals surface area contributed by atoms with Crippen LogP contribution in [-0.2, 0) is 16.1 Å². The number of anilines is 1. The van der Waals surface area contributed by atoms with Gasteiger partial charge >= 0.3 is 0 Å². The van der Waals surface area contributed by atoms with Crippen LogP contribution in [-0.4, -0.2) is 21.5 Å². The Balaban J connectivity index is 2.02. The zero-order valence-electron chi connectivity index (χ0n) is 9.96. The van der Waals surface area contributed by atoms with E-state index in [-0.39, 0.29) is 0 Å². The van der Waals surface area contributed by atoms with Crippen LogP contribution in [0.4, 0.5) is 5.69 Å². The number of hydrogen-bond donors (Lipinski definition) is 1. The summed E-state index contributed by atoms with van der Waals surface area (Å²) in [5.41, 5.74) is 1.64. The van der Waals surface area contributed by atoms with Gasteiger partial charge in [-0.25, -0.2) is 0 Å². The third-order valence-electron chi connectivity index (χ3n) is 2.40. The fourth-order valence-electron chi connectivity index (χ4n) is 1.50. The number of ketones is 1. The summed E-state index contributed by atoms with van der Waals surface area (Å²) in [6.45, 7) is 1.85. The van der Waals surface area contributed by atoms with E-state index in [1.165, 1.54) is 13.1 Å². The highest BCUT2D eigenvalue weighted by molar-refractivity contribution is 6.39. The van der Waals surface area contributed by atoms with Gasteiger partial charge in [0.15, 0.2) is 0 Å². The van der Waals surface area contributed by atoms with Crippen LogP contribution < -0.4 is 5.32 Å². The Labute approximate surface area is 104 Å². The first kappa shape index (κ1) is 12.0. The van der Waals surface area contributed by atoms with Crippen LogP contribution in [0.3, 0.4) is 0 Å². The second-order valence-electron chi connectivity index (χ2n) is 3.92. The van der Waals surface area contributed by atoms with Crippen LogP contribution in [0.2, 0.25) is 0 Å². The van der Waals surface area contributed by atoms with E-state index >= 15 is 0 Å². The molecule has 0 bridgehead atoms. The first-order chi connectivity index (χ1) is 8.65. The molecule has 1 amide bonds. The lowest BCUT2D eigenvalue weighted by molar-refractivity contribution is -0.133. The van der Waals surface area contributed by atoms with Gasteiger partial charge in [0.2, 0.25) is 5.78 Å². The predicted octanol–water partition coefficient (Wildman–Crippen LogP) is 1.46. The molecule has 0 unspecified atom stereocenters. The fraction of sp³-hybridized carbons (Fsp3) is 0.154. The molecule has 0 fully saturated rings. The first-order valence-corrected chi connectivity index (χ1v) is 5.53. The van der Waals surface area contributed by atoms with E-state index in [0.717, 1.165) is 5.56 Å². The summed E-state index contributed by atoms with van der Waals surface area (Å²) < 4.78 is 1.70. The van der Waals surface area contributed by atoms with Crippen LogP contribution in [0.15, 0.2) is 42.7 Å². The van der Waals surface area contributed by atoms with Gasteiger partial charge in [0.1, 0.15) is 0 Å². The minimum absolute atomic E-state index is 0.520. The van der Waals surface area contributed by atoms with Gasteiger partial charge in [-0.1, -0.05) is 30.3 Å². The molecule has 5 heteroatoms. The molecule has 0 radical (unpaired) electrons. The van der Waals surface area contributed by atoms with E-state index in [1.807, 2.05) is 30.3 Å². The van der Waals surface area contributed by atoms with Gasteiger partial charge in [0, 0.05) is 13.1 Å². The summed E-state index contributed by atoms with van der Waals surface area (Å²) in [5.74, 6) is -1.15. The summed E-state index contributed by atoms with van der Waals surface area (Å²) in [6.07, 6.45) is 3.21. The van der Waals surface area contributed by atoms with Gasteiger partial charge in [0.05, 0.1) is 18.4 Å². The molecular formula is C13H13N3O2. The summed E-state index contributed by atoms with van der Waals surface area (Å²) in [4.78, 5) is 22.0. The number of Topliss-reactive ketones (excluding diaryl/α,β-unsaturated/α-hetero) is 1. The van der Waals surface area contributed by atoms with E-state index in [0.29, 0.717) is 12.2 Å². The molecule has 1 aromatic carbocycles. The molecule has 2 aromatic rings. The van der Waals surface area contributed by atoms with Crippen molar-refractivity contribution in [2.24, 2.45) is 0 Å². The van der Waals surface area contributed by atoms with E-state index < -0.39 is 11.7 Å². The average molecular weight is 243 g/mol. The van der Waals surface area contributed by atoms with Gasteiger partial charge < -0.3 is 5.32 Å². The number of amides is 1. The van der Waals surface area contributed by atoms with Crippen molar-refractivity contribution in [1.82, 2.24) is 9.78 Å². The molecule has 0 atom stereocenters. The number of nitrogens with zero attached hydrogens (tertiary/aromatic N) is 2. The number of hydrogen-bond acceptors (Lipinski definition) is 3. The quantitative estimate of drug-likeness (QED) is 0.827. The molecule has 1 heterocycles. The Morgan fingerprint density at radius 2 is 2.00 bits per heavy atom. The van der Waals surface area contributed by atoms with Crippen molar-refractivity contribution in [2.75, 3.05) is 5.32 Å². The highest BCUT2D eigenvalue weighted by Gasteiger charge is 2.08. The number of carbonyl (C=O) groups is 2. The summed E-state index contributed by atoms with van der Waals surface area (Å²) >= 11 is 0. The van der Waals surface area contributed by atoms with Crippen molar-refractivity contribution in [3.8, 4) is 0 Å². The standard InChI is InChI=1S/C13H13N3O2/c1-10(17)13(18)15-12-7-14-16(9-12)8-11-5-3-2-4-6-11/h2-7,9H,8H2,1H3,(H,15,18). The van der Waals surface area contributed by atoms with Crippen molar-refractivity contribution in [3.63, 3.8) is 0 Å². The van der Waals surface area contributed by atoms with Gasteiger partial charge in [0.25, 0.3) is 5.91 Å². The highest BCUT2D eigenvalue weighted by atomic mass is 16.2. The third-order valence-corrected chi connectivity index (χ3v) is 2.40. The lowest BCUT2D eigenvalue weighted by Gasteiger charge is -2.01. The zero-order chi connectivity index (χ0) is 13.0. The lowest BCUT2D eigenvalue weighted by atomic mass is 10.2. The average Bonchev–Trinajstić information content (AvgIpc) is 2.77. The molecule has 1 aromatic heterocycles. The van der Waals surface area contributed by atoms with Gasteiger partial charge in [-0.15, -0.1) is 0 Å². The van der Waals surface area contributed by atoms with Crippen LogP contribution >= 0.6 is 0 Å². The molecule has 1 N–H and O–H groups in total. The van der Waals surface area contributed by atoms with Gasteiger partial charge in [-0.3, -0.25) is 14.3 Å². The maximum Gasteiger partial charge on any atom is 0.291 e. The third kappa shape index (κ3) is 3.04. The Hall–Kier alpha value is -2.43. The number of carbonyl (C=O) groups excluding carboxylic acids is 2. The summed E-state index contributed by atoms with van der Waals surface area (Å²) in [5, 5.41) is 6.59. The van der Waals surface area contributed by atoms with Crippen molar-refractivity contribution in [1.29, 1.82) is 0 Å². The van der Waals surface area contributed by atoms with Crippen molar-refractivity contribution in [3.05, 3.63) is 48.3 Å². The second kappa shape index (κ2) is 5.27. The van der Waals surface area contributed by atoms with Crippen LogP contribution in [0.25, 0.3) is 0 Å². The lowest BCUT2D eigenvalue weighted by Crippen LogP contribution is -2.19. The highest BCUT2D eigenvalue weighted by Crippen LogP contribution is 2.07. The van der Waals surface area contributed by atoms with E-state index in [9.17, 15) is 9.59 Å². The molecule has 18 heavy (non-hydrogen) atoms. The number of benzene rings is 1. The summed E-state index contributed by atoms with van der Waals surface area (Å²) in [7, 11) is 0. The molecule has 0 aliphatic carbocycles. The van der Waals surface area contributed by atoms with Crippen LogP contribution in [0.1, 0.15) is 12.5 Å². The first-order valence-electron chi connectivity index (χ1n) is 5.53. The SMILES string of the molecule is CC(=O)C(=O)Nc1cnn(Cc2ccccc2)c1. The second-order valence-corrected chi connectivity index (χ2v) is 3.92. The predicted molar refractivity (Wildman–Crippen MR) is 67.1 cm³/mol. The maximum absolute atomic E-state index is 11.2. The van der Waals surface area contributed by atoms with E-state index in [1.54, 1.807) is 10.9 Å². The molecule has 5 nitrogen and oxygen atoms in total. The Bertz CT molecular complexity index is 561. The normalized spacial score (nSPS) is 10.1. The Kier molecular flexibility index (Phi) is 3.52. The topological polar surface area (TPSA) is 64.0 Å². The number of nitrogens with one attached hydrogen (secondary N) is 1. The maximum atomic E-state index is 11.2. The van der Waals surface area contributed by atoms with Crippen LogP contribution in [0.5, 0.6) is 0 Å². The number of aromatic nitrogens is 2. The van der Waals surface area contributed by atoms with Gasteiger partial charge in [-0.05, 0) is 5.56 Å². The molecule has 0 aliphatic rings. The molecule has 0 saturated heterocycles. The Morgan fingerprint density at radius 1 is 1.28 bits per heavy atom. The summed E-state index contributed by atoms with van der Waals surface area (Å²) in [6, 6.07) is 9.85. The number of rotatable bonds is 4. The molecule has 0 saturated carbocycles.